The van der Waals surface area contributed by atoms with E-state index in [1.54, 1.807) is 26.8 Å². The second-order valence-corrected chi connectivity index (χ2v) is 6.57. The minimum absolute atomic E-state index is 0.0345. The first kappa shape index (κ1) is 18.6. The van der Waals surface area contributed by atoms with Crippen LogP contribution < -0.4 is 10.2 Å². The minimum atomic E-state index is -0.534. The number of halogens is 2. The van der Waals surface area contributed by atoms with Crippen molar-refractivity contribution in [2.24, 2.45) is 0 Å². The Morgan fingerprint density at radius 1 is 1.45 bits per heavy atom. The lowest BCUT2D eigenvalue weighted by Crippen LogP contribution is -2.36. The van der Waals surface area contributed by atoms with Crippen LogP contribution >= 0.6 is 15.9 Å². The van der Waals surface area contributed by atoms with Gasteiger partial charge in [-0.15, -0.1) is 0 Å². The summed E-state index contributed by atoms with van der Waals surface area (Å²) < 4.78 is 19.5. The molecule has 0 aliphatic rings. The first-order chi connectivity index (χ1) is 10.2. The second-order valence-electron chi connectivity index (χ2n) is 5.66. The molecule has 0 spiro atoms. The van der Waals surface area contributed by atoms with Gasteiger partial charge in [0.2, 0.25) is 6.41 Å². The number of anilines is 1. The Labute approximate surface area is 137 Å². The van der Waals surface area contributed by atoms with Gasteiger partial charge in [-0.3, -0.25) is 9.59 Å². The summed E-state index contributed by atoms with van der Waals surface area (Å²) in [4.78, 5) is 23.8. The van der Waals surface area contributed by atoms with Crippen LogP contribution in [0.25, 0.3) is 0 Å². The van der Waals surface area contributed by atoms with Crippen molar-refractivity contribution in [3.63, 3.8) is 0 Å². The standard InChI is InChI=1S/C15H20BrFN2O3/c1-15(2,3)22-14(21)9-18-6-7-19(10-20)13-5-4-11(16)8-12(13)17/h4-5,8,10,18H,6-7,9H2,1-3H3. The molecule has 0 bridgehead atoms. The number of nitrogens with zero attached hydrogens (tertiary/aromatic N) is 1. The van der Waals surface area contributed by atoms with Crippen molar-refractivity contribution in [3.8, 4) is 0 Å². The van der Waals surface area contributed by atoms with Crippen LogP contribution in [0.4, 0.5) is 10.1 Å². The monoisotopic (exact) mass is 374 g/mol. The van der Waals surface area contributed by atoms with Crippen LogP contribution in [0.2, 0.25) is 0 Å². The average Bonchev–Trinajstić information content (AvgIpc) is 2.38. The number of rotatable bonds is 7. The summed E-state index contributed by atoms with van der Waals surface area (Å²) >= 11 is 3.16. The molecule has 22 heavy (non-hydrogen) atoms. The Hall–Kier alpha value is -1.47. The van der Waals surface area contributed by atoms with Crippen LogP contribution in [0.5, 0.6) is 0 Å². The highest BCUT2D eigenvalue weighted by Crippen LogP contribution is 2.22. The third kappa shape index (κ3) is 6.53. The predicted octanol–water partition coefficient (Wildman–Crippen LogP) is 2.48. The van der Waals surface area contributed by atoms with Gasteiger partial charge in [0, 0.05) is 17.6 Å². The van der Waals surface area contributed by atoms with Crippen molar-refractivity contribution in [3.05, 3.63) is 28.5 Å². The molecule has 5 nitrogen and oxygen atoms in total. The first-order valence-corrected chi connectivity index (χ1v) is 7.62. The Morgan fingerprint density at radius 3 is 2.68 bits per heavy atom. The molecule has 0 unspecified atom stereocenters. The van der Waals surface area contributed by atoms with Gasteiger partial charge >= 0.3 is 5.97 Å². The molecular formula is C15H20BrFN2O3. The number of hydrogen-bond acceptors (Lipinski definition) is 4. The lowest BCUT2D eigenvalue weighted by Gasteiger charge is -2.20. The molecule has 0 aliphatic heterocycles. The zero-order valence-corrected chi connectivity index (χ0v) is 14.4. The maximum atomic E-state index is 13.8. The molecule has 0 aliphatic carbocycles. The Morgan fingerprint density at radius 2 is 2.14 bits per heavy atom. The fourth-order valence-electron chi connectivity index (χ4n) is 1.71. The summed E-state index contributed by atoms with van der Waals surface area (Å²) in [5.74, 6) is -0.867. The van der Waals surface area contributed by atoms with Gasteiger partial charge in [-0.05, 0) is 39.0 Å². The number of carbonyl (C=O) groups is 2. The van der Waals surface area contributed by atoms with E-state index in [1.165, 1.54) is 17.0 Å². The van der Waals surface area contributed by atoms with E-state index < -0.39 is 11.4 Å². The van der Waals surface area contributed by atoms with Gasteiger partial charge in [-0.1, -0.05) is 15.9 Å². The first-order valence-electron chi connectivity index (χ1n) is 6.82. The Balaban J connectivity index is 2.45. The van der Waals surface area contributed by atoms with Crippen LogP contribution in [0.1, 0.15) is 20.8 Å². The van der Waals surface area contributed by atoms with E-state index in [2.05, 4.69) is 21.2 Å². The average molecular weight is 375 g/mol. The lowest BCUT2D eigenvalue weighted by atomic mass is 10.2. The van der Waals surface area contributed by atoms with Crippen LogP contribution in [0, 0.1) is 5.82 Å². The second kappa shape index (κ2) is 8.24. The maximum Gasteiger partial charge on any atom is 0.320 e. The minimum Gasteiger partial charge on any atom is -0.459 e. The molecule has 0 fully saturated rings. The van der Waals surface area contributed by atoms with E-state index in [4.69, 9.17) is 4.74 Å². The van der Waals surface area contributed by atoms with E-state index in [9.17, 15) is 14.0 Å². The van der Waals surface area contributed by atoms with Crippen LogP contribution in [0.15, 0.2) is 22.7 Å². The van der Waals surface area contributed by atoms with Crippen molar-refractivity contribution in [1.82, 2.24) is 5.32 Å². The van der Waals surface area contributed by atoms with Crippen molar-refractivity contribution in [2.45, 2.75) is 26.4 Å². The molecule has 0 aromatic heterocycles. The Kier molecular flexibility index (Phi) is 6.96. The smallest absolute Gasteiger partial charge is 0.320 e. The van der Waals surface area contributed by atoms with Gasteiger partial charge in [-0.2, -0.15) is 0 Å². The third-order valence-electron chi connectivity index (χ3n) is 2.57. The van der Waals surface area contributed by atoms with Gasteiger partial charge in [0.15, 0.2) is 0 Å². The predicted molar refractivity (Wildman–Crippen MR) is 86.2 cm³/mol. The largest absolute Gasteiger partial charge is 0.459 e. The summed E-state index contributed by atoms with van der Waals surface area (Å²) in [5.41, 5.74) is -0.342. The van der Waals surface area contributed by atoms with Crippen LogP contribution in [-0.4, -0.2) is 37.6 Å². The summed E-state index contributed by atoms with van der Waals surface area (Å²) in [6, 6.07) is 4.46. The summed E-state index contributed by atoms with van der Waals surface area (Å²) in [5, 5.41) is 2.87. The molecule has 7 heteroatoms. The third-order valence-corrected chi connectivity index (χ3v) is 3.06. The van der Waals surface area contributed by atoms with Crippen LogP contribution in [-0.2, 0) is 14.3 Å². The molecule has 1 aromatic rings. The van der Waals surface area contributed by atoms with Gasteiger partial charge in [-0.25, -0.2) is 4.39 Å². The molecule has 1 rings (SSSR count). The van der Waals surface area contributed by atoms with Crippen molar-refractivity contribution < 1.29 is 18.7 Å². The van der Waals surface area contributed by atoms with E-state index in [0.29, 0.717) is 17.4 Å². The summed E-state index contributed by atoms with van der Waals surface area (Å²) in [7, 11) is 0. The Bertz CT molecular complexity index is 532. The topological polar surface area (TPSA) is 58.6 Å². The van der Waals surface area contributed by atoms with Gasteiger partial charge < -0.3 is 15.0 Å². The highest BCUT2D eigenvalue weighted by molar-refractivity contribution is 9.10. The quantitative estimate of drug-likeness (QED) is 0.452. The zero-order chi connectivity index (χ0) is 16.8. The molecule has 1 amide bonds. The normalized spacial score (nSPS) is 11.1. The molecule has 0 saturated heterocycles. The number of nitrogens with one attached hydrogen (secondary N) is 1. The molecule has 1 aromatic carbocycles. The zero-order valence-electron chi connectivity index (χ0n) is 12.9. The number of carbonyl (C=O) groups excluding carboxylic acids is 2. The van der Waals surface area contributed by atoms with Gasteiger partial charge in [0.05, 0.1) is 12.2 Å². The van der Waals surface area contributed by atoms with E-state index in [-0.39, 0.29) is 24.7 Å². The van der Waals surface area contributed by atoms with Crippen LogP contribution in [0.3, 0.4) is 0 Å². The lowest BCUT2D eigenvalue weighted by molar-refractivity contribution is -0.153. The van der Waals surface area contributed by atoms with E-state index in [0.717, 1.165) is 0 Å². The number of hydrogen-bond donors (Lipinski definition) is 1. The number of amides is 1. The summed E-state index contributed by atoms with van der Waals surface area (Å²) in [6.07, 6.45) is 0.557. The van der Waals surface area contributed by atoms with Crippen molar-refractivity contribution >= 4 is 34.0 Å². The molecule has 0 saturated carbocycles. The molecule has 0 heterocycles. The molecule has 1 N–H and O–H groups in total. The van der Waals surface area contributed by atoms with Gasteiger partial charge in [0.1, 0.15) is 11.4 Å². The molecule has 0 atom stereocenters. The number of benzene rings is 1. The molecule has 122 valence electrons. The highest BCUT2D eigenvalue weighted by atomic mass is 79.9. The van der Waals surface area contributed by atoms with Crippen molar-refractivity contribution in [2.75, 3.05) is 24.5 Å². The maximum absolute atomic E-state index is 13.8. The number of esters is 1. The number of ether oxygens (including phenoxy) is 1. The van der Waals surface area contributed by atoms with E-state index >= 15 is 0 Å². The fourth-order valence-corrected chi connectivity index (χ4v) is 2.04. The van der Waals surface area contributed by atoms with Crippen molar-refractivity contribution in [1.29, 1.82) is 0 Å². The molecule has 0 radical (unpaired) electrons. The fraction of sp³-hybridized carbons (Fsp3) is 0.467. The van der Waals surface area contributed by atoms with E-state index in [1.807, 2.05) is 0 Å². The highest BCUT2D eigenvalue weighted by Gasteiger charge is 2.16. The molecular weight excluding hydrogens is 355 g/mol. The SMILES string of the molecule is CC(C)(C)OC(=O)CNCCN(C=O)c1ccc(Br)cc1F. The van der Waals surface area contributed by atoms with Gasteiger partial charge in [0.25, 0.3) is 0 Å². The summed E-state index contributed by atoms with van der Waals surface area (Å²) in [6.45, 7) is 5.98.